The summed E-state index contributed by atoms with van der Waals surface area (Å²) in [6.07, 6.45) is 1.14. The zero-order chi connectivity index (χ0) is 22.1. The number of ether oxygens (including phenoxy) is 2. The fourth-order valence-electron chi connectivity index (χ4n) is 3.07. The molecule has 0 bridgehead atoms. The molecule has 0 aliphatic carbocycles. The summed E-state index contributed by atoms with van der Waals surface area (Å²) in [6, 6.07) is 18.6. The molecule has 31 heavy (non-hydrogen) atoms. The monoisotopic (exact) mass is 419 g/mol. The normalized spacial score (nSPS) is 10.5. The van der Waals surface area contributed by atoms with Gasteiger partial charge in [0.25, 0.3) is 5.91 Å². The van der Waals surface area contributed by atoms with Crippen LogP contribution in [0.5, 0.6) is 5.75 Å². The molecular weight excluding hydrogens is 394 g/mol. The van der Waals surface area contributed by atoms with Gasteiger partial charge < -0.3 is 20.5 Å². The Morgan fingerprint density at radius 2 is 2.00 bits per heavy atom. The molecule has 3 aromatic rings. The summed E-state index contributed by atoms with van der Waals surface area (Å²) in [4.78, 5) is 12.4. The molecule has 2 aromatic carbocycles. The Kier molecular flexibility index (Phi) is 7.62. The van der Waals surface area contributed by atoms with Crippen LogP contribution in [0.15, 0.2) is 54.6 Å². The van der Waals surface area contributed by atoms with Gasteiger partial charge in [0.2, 0.25) is 0 Å². The zero-order valence-electron chi connectivity index (χ0n) is 17.4. The number of carbonyl (C=O) groups is 1. The number of benzene rings is 2. The molecule has 8 heteroatoms. The van der Waals surface area contributed by atoms with E-state index in [1.807, 2.05) is 30.3 Å². The van der Waals surface area contributed by atoms with Gasteiger partial charge in [0, 0.05) is 19.2 Å². The van der Waals surface area contributed by atoms with Crippen molar-refractivity contribution in [2.45, 2.75) is 12.8 Å². The summed E-state index contributed by atoms with van der Waals surface area (Å²) in [5.74, 6) is 0.746. The molecule has 1 amide bonds. The number of nitrogen functional groups attached to an aromatic ring is 1. The van der Waals surface area contributed by atoms with Gasteiger partial charge in [-0.15, -0.1) is 0 Å². The highest BCUT2D eigenvalue weighted by atomic mass is 16.5. The quantitative estimate of drug-likeness (QED) is 0.488. The zero-order valence-corrected chi connectivity index (χ0v) is 17.4. The highest BCUT2D eigenvalue weighted by Gasteiger charge is 2.16. The molecule has 1 heterocycles. The molecule has 0 unspecified atom stereocenters. The molecule has 0 saturated carbocycles. The van der Waals surface area contributed by atoms with Crippen LogP contribution < -0.4 is 15.8 Å². The number of hydrogen-bond donors (Lipinski definition) is 2. The number of nitrogens with two attached hydrogens (primary N) is 1. The first-order valence-corrected chi connectivity index (χ1v) is 9.97. The van der Waals surface area contributed by atoms with Crippen molar-refractivity contribution in [3.8, 4) is 17.5 Å². The minimum Gasteiger partial charge on any atom is -0.491 e. The lowest BCUT2D eigenvalue weighted by atomic mass is 10.1. The molecule has 3 N–H and O–H groups in total. The van der Waals surface area contributed by atoms with E-state index < -0.39 is 0 Å². The second kappa shape index (κ2) is 10.8. The van der Waals surface area contributed by atoms with Crippen LogP contribution in [0, 0.1) is 11.3 Å². The molecule has 3 rings (SSSR count). The number of hydrogen-bond acceptors (Lipinski definition) is 6. The second-order valence-corrected chi connectivity index (χ2v) is 6.79. The number of anilines is 1. The number of aryl methyl sites for hydroxylation is 1. The van der Waals surface area contributed by atoms with Crippen LogP contribution in [-0.2, 0) is 11.2 Å². The van der Waals surface area contributed by atoms with Crippen LogP contribution in [0.1, 0.15) is 28.0 Å². The van der Waals surface area contributed by atoms with Crippen LogP contribution >= 0.6 is 0 Å². The van der Waals surface area contributed by atoms with Gasteiger partial charge in [0.1, 0.15) is 29.8 Å². The topological polar surface area (TPSA) is 115 Å². The number of aromatic nitrogens is 2. The van der Waals surface area contributed by atoms with E-state index >= 15 is 0 Å². The van der Waals surface area contributed by atoms with Crippen molar-refractivity contribution in [1.29, 1.82) is 5.26 Å². The van der Waals surface area contributed by atoms with Crippen LogP contribution in [0.25, 0.3) is 5.69 Å². The van der Waals surface area contributed by atoms with Crippen molar-refractivity contribution in [2.24, 2.45) is 0 Å². The van der Waals surface area contributed by atoms with E-state index in [1.165, 1.54) is 0 Å². The van der Waals surface area contributed by atoms with Crippen molar-refractivity contribution >= 4 is 11.7 Å². The molecule has 0 radical (unpaired) electrons. The Bertz CT molecular complexity index is 1060. The van der Waals surface area contributed by atoms with Gasteiger partial charge >= 0.3 is 0 Å². The van der Waals surface area contributed by atoms with Gasteiger partial charge in [-0.2, -0.15) is 10.4 Å². The number of rotatable bonds is 10. The molecule has 0 aliphatic rings. The first kappa shape index (κ1) is 21.9. The highest BCUT2D eigenvalue weighted by Crippen LogP contribution is 2.21. The molecule has 1 aromatic heterocycles. The van der Waals surface area contributed by atoms with Crippen molar-refractivity contribution in [1.82, 2.24) is 15.1 Å². The number of amides is 1. The predicted octanol–water partition coefficient (Wildman–Crippen LogP) is 2.71. The molecular formula is C23H25N5O3. The first-order valence-electron chi connectivity index (χ1n) is 9.97. The fraction of sp³-hybridized carbons (Fsp3) is 0.261. The third-order valence-electron chi connectivity index (χ3n) is 4.63. The Labute approximate surface area is 181 Å². The Morgan fingerprint density at radius 1 is 1.19 bits per heavy atom. The van der Waals surface area contributed by atoms with Crippen LogP contribution in [-0.4, -0.2) is 42.6 Å². The number of nitriles is 1. The van der Waals surface area contributed by atoms with E-state index in [9.17, 15) is 10.1 Å². The van der Waals surface area contributed by atoms with E-state index in [2.05, 4.69) is 16.5 Å². The maximum absolute atomic E-state index is 12.4. The minimum atomic E-state index is -0.188. The Morgan fingerprint density at radius 3 is 2.74 bits per heavy atom. The van der Waals surface area contributed by atoms with Gasteiger partial charge in [-0.05, 0) is 43.2 Å². The maximum atomic E-state index is 12.4. The molecule has 8 nitrogen and oxygen atoms in total. The fourth-order valence-corrected chi connectivity index (χ4v) is 3.07. The standard InChI is InChI=1S/C23H25N5O3/c1-30-13-14-31-19-10-5-7-17(15-19)23(29)26-12-6-11-21-20(16-24)22(25)28(27-21)18-8-3-2-4-9-18/h2-5,7-10,15H,6,11-14,25H2,1H3,(H,26,29). The average Bonchev–Trinajstić information content (AvgIpc) is 3.12. The largest absolute Gasteiger partial charge is 0.491 e. The molecule has 0 atom stereocenters. The summed E-state index contributed by atoms with van der Waals surface area (Å²) in [7, 11) is 1.60. The summed E-state index contributed by atoms with van der Waals surface area (Å²) in [5.41, 5.74) is 8.42. The molecule has 0 saturated heterocycles. The lowest BCUT2D eigenvalue weighted by Crippen LogP contribution is -2.24. The van der Waals surface area contributed by atoms with Crippen molar-refractivity contribution < 1.29 is 14.3 Å². The minimum absolute atomic E-state index is 0.188. The van der Waals surface area contributed by atoms with Crippen LogP contribution in [0.2, 0.25) is 0 Å². The maximum Gasteiger partial charge on any atom is 0.251 e. The lowest BCUT2D eigenvalue weighted by Gasteiger charge is -2.08. The summed E-state index contributed by atoms with van der Waals surface area (Å²) in [5, 5.41) is 16.9. The van der Waals surface area contributed by atoms with Crippen LogP contribution in [0.3, 0.4) is 0 Å². The van der Waals surface area contributed by atoms with Gasteiger partial charge in [-0.3, -0.25) is 4.79 Å². The summed E-state index contributed by atoms with van der Waals surface area (Å²) in [6.45, 7) is 1.34. The van der Waals surface area contributed by atoms with Gasteiger partial charge in [0.05, 0.1) is 18.0 Å². The first-order chi connectivity index (χ1) is 15.1. The van der Waals surface area contributed by atoms with Crippen molar-refractivity contribution in [3.63, 3.8) is 0 Å². The van der Waals surface area contributed by atoms with Crippen molar-refractivity contribution in [3.05, 3.63) is 71.4 Å². The molecule has 160 valence electrons. The Hall–Kier alpha value is -3.83. The van der Waals surface area contributed by atoms with Gasteiger partial charge in [0.15, 0.2) is 0 Å². The molecule has 0 fully saturated rings. The third kappa shape index (κ3) is 5.62. The number of nitrogens with one attached hydrogen (secondary N) is 1. The van der Waals surface area contributed by atoms with E-state index in [0.717, 1.165) is 5.69 Å². The summed E-state index contributed by atoms with van der Waals surface area (Å²) >= 11 is 0. The van der Waals surface area contributed by atoms with Gasteiger partial charge in [-0.1, -0.05) is 24.3 Å². The number of methoxy groups -OCH3 is 1. The lowest BCUT2D eigenvalue weighted by molar-refractivity contribution is 0.0952. The number of carbonyl (C=O) groups excluding carboxylic acids is 1. The smallest absolute Gasteiger partial charge is 0.251 e. The van der Waals surface area contributed by atoms with E-state index in [1.54, 1.807) is 36.1 Å². The Balaban J connectivity index is 1.56. The van der Waals surface area contributed by atoms with E-state index in [4.69, 9.17) is 15.2 Å². The van der Waals surface area contributed by atoms with E-state index in [0.29, 0.717) is 61.0 Å². The number of nitrogens with zero attached hydrogens (tertiary/aromatic N) is 3. The SMILES string of the molecule is COCCOc1cccc(C(=O)NCCCc2nn(-c3ccccc3)c(N)c2C#N)c1. The predicted molar refractivity (Wildman–Crippen MR) is 117 cm³/mol. The second-order valence-electron chi connectivity index (χ2n) is 6.79. The molecule has 0 spiro atoms. The average molecular weight is 419 g/mol. The van der Waals surface area contributed by atoms with Crippen molar-refractivity contribution in [2.75, 3.05) is 32.6 Å². The summed E-state index contributed by atoms with van der Waals surface area (Å²) < 4.78 is 12.1. The number of para-hydroxylation sites is 1. The highest BCUT2D eigenvalue weighted by molar-refractivity contribution is 5.94. The van der Waals surface area contributed by atoms with E-state index in [-0.39, 0.29) is 5.91 Å². The third-order valence-corrected chi connectivity index (χ3v) is 4.63. The van der Waals surface area contributed by atoms with Gasteiger partial charge in [-0.25, -0.2) is 4.68 Å². The molecule has 0 aliphatic heterocycles. The van der Waals surface area contributed by atoms with Crippen LogP contribution in [0.4, 0.5) is 5.82 Å².